The zero-order chi connectivity index (χ0) is 14.1. The van der Waals surface area contributed by atoms with Crippen LogP contribution in [-0.2, 0) is 4.74 Å². The van der Waals surface area contributed by atoms with Crippen LogP contribution in [0.2, 0.25) is 0 Å². The lowest BCUT2D eigenvalue weighted by Crippen LogP contribution is -2.46. The summed E-state index contributed by atoms with van der Waals surface area (Å²) in [5.41, 5.74) is 0.405. The predicted molar refractivity (Wildman–Crippen MR) is 83.9 cm³/mol. The minimum atomic E-state index is 0.405. The molecule has 0 bridgehead atoms. The number of hydrogen-bond donors (Lipinski definition) is 2. The van der Waals surface area contributed by atoms with Crippen LogP contribution in [0, 0.1) is 5.41 Å². The molecule has 20 heavy (non-hydrogen) atoms. The maximum absolute atomic E-state index is 5.37. The van der Waals surface area contributed by atoms with Crippen molar-refractivity contribution in [1.29, 1.82) is 0 Å². The zero-order valence-corrected chi connectivity index (χ0v) is 12.6. The Balaban J connectivity index is 0.000000205. The predicted octanol–water partition coefficient (Wildman–Crippen LogP) is 2.44. The van der Waals surface area contributed by atoms with Crippen LogP contribution in [0.3, 0.4) is 0 Å². The number of rotatable bonds is 5. The third-order valence-corrected chi connectivity index (χ3v) is 4.12. The van der Waals surface area contributed by atoms with Crippen molar-refractivity contribution in [2.75, 3.05) is 33.4 Å². The summed E-state index contributed by atoms with van der Waals surface area (Å²) in [5.74, 6) is 0. The van der Waals surface area contributed by atoms with E-state index >= 15 is 0 Å². The summed E-state index contributed by atoms with van der Waals surface area (Å²) >= 11 is 0. The van der Waals surface area contributed by atoms with Gasteiger partial charge >= 0.3 is 0 Å². The molecule has 0 atom stereocenters. The normalized spacial score (nSPS) is 20.9. The third-order valence-electron chi connectivity index (χ3n) is 4.12. The lowest BCUT2D eigenvalue weighted by molar-refractivity contribution is 0.0534. The van der Waals surface area contributed by atoms with Gasteiger partial charge in [0.15, 0.2) is 0 Å². The van der Waals surface area contributed by atoms with Gasteiger partial charge in [-0.1, -0.05) is 36.4 Å². The summed E-state index contributed by atoms with van der Waals surface area (Å²) < 4.78 is 5.37. The third kappa shape index (κ3) is 5.61. The second-order valence-corrected chi connectivity index (χ2v) is 5.99. The molecule has 2 fully saturated rings. The lowest BCUT2D eigenvalue weighted by atomic mass is 9.79. The van der Waals surface area contributed by atoms with Crippen LogP contribution in [0.25, 0.3) is 0 Å². The van der Waals surface area contributed by atoms with E-state index in [9.17, 15) is 0 Å². The van der Waals surface area contributed by atoms with Crippen LogP contribution in [0.5, 0.6) is 0 Å². The van der Waals surface area contributed by atoms with Gasteiger partial charge in [-0.2, -0.15) is 0 Å². The molecular formula is C17H28N2O. The number of hydrogen-bond acceptors (Lipinski definition) is 3. The van der Waals surface area contributed by atoms with E-state index in [4.69, 9.17) is 4.74 Å². The quantitative estimate of drug-likeness (QED) is 0.866. The second kappa shape index (κ2) is 8.40. The van der Waals surface area contributed by atoms with Gasteiger partial charge in [0, 0.05) is 25.1 Å². The Labute approximate surface area is 123 Å². The minimum Gasteiger partial charge on any atom is -0.384 e. The fourth-order valence-corrected chi connectivity index (χ4v) is 2.67. The Kier molecular flexibility index (Phi) is 6.51. The Morgan fingerprint density at radius 1 is 1.05 bits per heavy atom. The van der Waals surface area contributed by atoms with E-state index in [-0.39, 0.29) is 0 Å². The van der Waals surface area contributed by atoms with Gasteiger partial charge in [0.1, 0.15) is 0 Å². The van der Waals surface area contributed by atoms with Crippen molar-refractivity contribution in [2.45, 2.75) is 31.7 Å². The standard InChI is InChI=1S/C11H22N2O.C6H6/c1-14-9-11(4-6-12-7-5-11)8-13-10-2-3-10;1-2-4-6-5-3-1/h10,12-13H,2-9H2,1H3;1-6H. The van der Waals surface area contributed by atoms with E-state index in [1.54, 1.807) is 0 Å². The van der Waals surface area contributed by atoms with Crippen LogP contribution in [0.4, 0.5) is 0 Å². The first-order valence-corrected chi connectivity index (χ1v) is 7.78. The second-order valence-electron chi connectivity index (χ2n) is 5.99. The van der Waals surface area contributed by atoms with E-state index in [0.29, 0.717) is 5.41 Å². The fourth-order valence-electron chi connectivity index (χ4n) is 2.67. The van der Waals surface area contributed by atoms with Crippen molar-refractivity contribution in [3.63, 3.8) is 0 Å². The summed E-state index contributed by atoms with van der Waals surface area (Å²) in [5, 5.41) is 7.06. The number of benzene rings is 1. The summed E-state index contributed by atoms with van der Waals surface area (Å²) in [6.07, 6.45) is 5.25. The average molecular weight is 276 g/mol. The Hall–Kier alpha value is -0.900. The molecule has 3 nitrogen and oxygen atoms in total. The first-order valence-electron chi connectivity index (χ1n) is 7.78. The van der Waals surface area contributed by atoms with E-state index < -0.39 is 0 Å². The topological polar surface area (TPSA) is 33.3 Å². The number of piperidine rings is 1. The maximum Gasteiger partial charge on any atom is 0.0531 e. The molecule has 3 heteroatoms. The van der Waals surface area contributed by atoms with Crippen molar-refractivity contribution >= 4 is 0 Å². The molecule has 1 saturated carbocycles. The SMILES string of the molecule is COCC1(CNC2CC2)CCNCC1.c1ccccc1. The molecule has 1 aliphatic carbocycles. The molecule has 0 radical (unpaired) electrons. The van der Waals surface area contributed by atoms with Crippen molar-refractivity contribution in [3.05, 3.63) is 36.4 Å². The molecular weight excluding hydrogens is 248 g/mol. The van der Waals surface area contributed by atoms with E-state index in [1.807, 2.05) is 43.5 Å². The van der Waals surface area contributed by atoms with E-state index in [2.05, 4.69) is 10.6 Å². The van der Waals surface area contributed by atoms with Crippen molar-refractivity contribution in [1.82, 2.24) is 10.6 Å². The molecule has 0 spiro atoms. The van der Waals surface area contributed by atoms with Gasteiger partial charge in [0.25, 0.3) is 0 Å². The first-order chi connectivity index (χ1) is 9.85. The average Bonchev–Trinajstić information content (AvgIpc) is 3.33. The molecule has 1 aromatic rings. The van der Waals surface area contributed by atoms with Gasteiger partial charge in [-0.25, -0.2) is 0 Å². The highest BCUT2D eigenvalue weighted by Gasteiger charge is 2.33. The lowest BCUT2D eigenvalue weighted by Gasteiger charge is -2.37. The Bertz CT molecular complexity index is 313. The van der Waals surface area contributed by atoms with Gasteiger partial charge in [-0.05, 0) is 38.8 Å². The molecule has 2 aliphatic rings. The van der Waals surface area contributed by atoms with Crippen molar-refractivity contribution < 1.29 is 4.74 Å². The molecule has 0 aromatic heterocycles. The van der Waals surface area contributed by atoms with Crippen molar-refractivity contribution in [3.8, 4) is 0 Å². The van der Waals surface area contributed by atoms with Crippen LogP contribution in [-0.4, -0.2) is 39.4 Å². The van der Waals surface area contributed by atoms with Crippen LogP contribution in [0.1, 0.15) is 25.7 Å². The number of ether oxygens (including phenoxy) is 1. The molecule has 112 valence electrons. The highest BCUT2D eigenvalue weighted by Crippen LogP contribution is 2.30. The monoisotopic (exact) mass is 276 g/mol. The highest BCUT2D eigenvalue weighted by atomic mass is 16.5. The van der Waals surface area contributed by atoms with Gasteiger partial charge in [-0.3, -0.25) is 0 Å². The smallest absolute Gasteiger partial charge is 0.0531 e. The number of methoxy groups -OCH3 is 1. The molecule has 1 heterocycles. The van der Waals surface area contributed by atoms with Gasteiger partial charge in [-0.15, -0.1) is 0 Å². The Morgan fingerprint density at radius 2 is 1.60 bits per heavy atom. The fraction of sp³-hybridized carbons (Fsp3) is 0.647. The van der Waals surface area contributed by atoms with E-state index in [1.165, 1.54) is 25.7 Å². The number of nitrogens with one attached hydrogen (secondary N) is 2. The van der Waals surface area contributed by atoms with Crippen LogP contribution < -0.4 is 10.6 Å². The highest BCUT2D eigenvalue weighted by molar-refractivity contribution is 4.99. The summed E-state index contributed by atoms with van der Waals surface area (Å²) in [6.45, 7) is 4.35. The van der Waals surface area contributed by atoms with Gasteiger partial charge in [0.2, 0.25) is 0 Å². The zero-order valence-electron chi connectivity index (χ0n) is 12.6. The summed E-state index contributed by atoms with van der Waals surface area (Å²) in [6, 6.07) is 12.8. The molecule has 3 rings (SSSR count). The molecule has 2 N–H and O–H groups in total. The first kappa shape index (κ1) is 15.5. The van der Waals surface area contributed by atoms with Gasteiger partial charge < -0.3 is 15.4 Å². The molecule has 1 saturated heterocycles. The van der Waals surface area contributed by atoms with Gasteiger partial charge in [0.05, 0.1) is 6.61 Å². The summed E-state index contributed by atoms with van der Waals surface area (Å²) in [7, 11) is 1.82. The molecule has 0 amide bonds. The van der Waals surface area contributed by atoms with Crippen LogP contribution >= 0.6 is 0 Å². The van der Waals surface area contributed by atoms with Crippen LogP contribution in [0.15, 0.2) is 36.4 Å². The minimum absolute atomic E-state index is 0.405. The molecule has 0 unspecified atom stereocenters. The Morgan fingerprint density at radius 3 is 2.05 bits per heavy atom. The van der Waals surface area contributed by atoms with E-state index in [0.717, 1.165) is 32.3 Å². The van der Waals surface area contributed by atoms with Crippen molar-refractivity contribution in [2.24, 2.45) is 5.41 Å². The molecule has 1 aliphatic heterocycles. The molecule has 1 aromatic carbocycles. The summed E-state index contributed by atoms with van der Waals surface area (Å²) in [4.78, 5) is 0. The largest absolute Gasteiger partial charge is 0.384 e. The maximum atomic E-state index is 5.37.